The highest BCUT2D eigenvalue weighted by molar-refractivity contribution is 5.72. The zero-order valence-electron chi connectivity index (χ0n) is 81.8. The number of methoxy groups -OCH3 is 5. The third-order valence-electron chi connectivity index (χ3n) is 20.3. The van der Waals surface area contributed by atoms with Crippen molar-refractivity contribution in [2.75, 3.05) is 168 Å². The highest BCUT2D eigenvalue weighted by atomic mass is 16.7. The molecule has 0 aliphatic carbocycles. The molecule has 0 saturated carbocycles. The molecule has 10 heterocycles. The second-order valence-electron chi connectivity index (χ2n) is 32.5. The number of carbonyl (C=O) groups is 10. The quantitative estimate of drug-likeness (QED) is 0.0236. The van der Waals surface area contributed by atoms with Gasteiger partial charge in [0.25, 0.3) is 0 Å². The summed E-state index contributed by atoms with van der Waals surface area (Å²) in [7, 11) is 7.96. The van der Waals surface area contributed by atoms with E-state index in [1.54, 1.807) is 28.4 Å². The van der Waals surface area contributed by atoms with Crippen LogP contribution in [-0.2, 0) is 166 Å². The zero-order valence-corrected chi connectivity index (χ0v) is 81.8. The molecule has 10 aliphatic heterocycles. The topological polar surface area (TPSA) is 434 Å². The summed E-state index contributed by atoms with van der Waals surface area (Å²) in [5.74, 6) is -1.38. The van der Waals surface area contributed by atoms with E-state index in [4.69, 9.17) is 114 Å². The number of hydrogen-bond donors (Lipinski definition) is 0. The number of ether oxygens (including phenoxy) is 25. The van der Waals surface area contributed by atoms with Crippen molar-refractivity contribution in [1.82, 2.24) is 0 Å². The van der Waals surface area contributed by atoms with Gasteiger partial charge in [0.2, 0.25) is 0 Å². The van der Waals surface area contributed by atoms with Crippen molar-refractivity contribution in [1.29, 1.82) is 0 Å². The molecule has 0 N–H and O–H groups in total. The maximum absolute atomic E-state index is 11.3. The molecule has 15 atom stereocenters. The molecule has 0 amide bonds. The second-order valence-corrected chi connectivity index (χ2v) is 32.5. The van der Waals surface area contributed by atoms with Crippen molar-refractivity contribution in [3.05, 3.63) is 0 Å². The summed E-state index contributed by atoms with van der Waals surface area (Å²) in [4.78, 5) is 110. The van der Waals surface area contributed by atoms with Gasteiger partial charge in [-0.05, 0) is 96.3 Å². The molecule has 130 heavy (non-hydrogen) atoms. The molecular weight excluding hydrogens is 1700 g/mol. The summed E-state index contributed by atoms with van der Waals surface area (Å²) in [5, 5.41) is 0. The van der Waals surface area contributed by atoms with Crippen molar-refractivity contribution in [3.63, 3.8) is 0 Å². The minimum atomic E-state index is -0.335. The van der Waals surface area contributed by atoms with E-state index >= 15 is 0 Å². The molecule has 10 saturated heterocycles. The number of rotatable bonds is 65. The molecule has 10 rings (SSSR count). The van der Waals surface area contributed by atoms with E-state index < -0.39 is 0 Å². The van der Waals surface area contributed by atoms with Crippen LogP contribution in [0.4, 0.5) is 0 Å². The van der Waals surface area contributed by atoms with Gasteiger partial charge in [-0.25, -0.2) is 4.79 Å². The largest absolute Gasteiger partial charge is 0.463 e. The average Bonchev–Trinajstić information content (AvgIpc) is 1.72. The molecule has 0 spiro atoms. The first-order valence-electron chi connectivity index (χ1n) is 48.4. The Hall–Kier alpha value is -5.90. The highest BCUT2D eigenvalue weighted by Crippen LogP contribution is 2.29. The average molecular weight is 1870 g/mol. The Morgan fingerprint density at radius 2 is 0.408 bits per heavy atom. The summed E-state index contributed by atoms with van der Waals surface area (Å²) in [6.45, 7) is 31.3. The van der Waals surface area contributed by atoms with Crippen LogP contribution in [0.1, 0.15) is 294 Å². The summed E-state index contributed by atoms with van der Waals surface area (Å²) >= 11 is 0. The smallest absolute Gasteiger partial charge is 0.332 e. The van der Waals surface area contributed by atoms with E-state index in [0.29, 0.717) is 181 Å². The lowest BCUT2D eigenvalue weighted by Crippen LogP contribution is -2.14. The third-order valence-corrected chi connectivity index (χ3v) is 20.3. The van der Waals surface area contributed by atoms with Gasteiger partial charge in [-0.3, -0.25) is 43.2 Å². The van der Waals surface area contributed by atoms with E-state index in [-0.39, 0.29) is 127 Å². The first-order chi connectivity index (χ1) is 63.0. The normalized spacial score (nSPS) is 22.8. The van der Waals surface area contributed by atoms with E-state index in [0.717, 1.165) is 168 Å². The van der Waals surface area contributed by atoms with Gasteiger partial charge in [-0.1, -0.05) is 140 Å². The van der Waals surface area contributed by atoms with Gasteiger partial charge in [0.15, 0.2) is 0 Å². The zero-order chi connectivity index (χ0) is 96.0. The molecule has 15 unspecified atom stereocenters. The first-order valence-corrected chi connectivity index (χ1v) is 48.4. The van der Waals surface area contributed by atoms with Crippen LogP contribution in [-0.4, -0.2) is 319 Å². The van der Waals surface area contributed by atoms with E-state index in [2.05, 4.69) is 67.1 Å². The van der Waals surface area contributed by atoms with Crippen LogP contribution in [0.15, 0.2) is 0 Å². The van der Waals surface area contributed by atoms with Crippen molar-refractivity contribution < 1.29 is 166 Å². The molecule has 35 nitrogen and oxygen atoms in total. The Kier molecular flexibility index (Phi) is 77.5. The summed E-state index contributed by atoms with van der Waals surface area (Å²) in [5.41, 5.74) is 0. The predicted molar refractivity (Wildman–Crippen MR) is 479 cm³/mol. The van der Waals surface area contributed by atoms with Gasteiger partial charge in [0, 0.05) is 107 Å². The van der Waals surface area contributed by atoms with Gasteiger partial charge in [-0.15, -0.1) is 0 Å². The molecule has 760 valence electrons. The van der Waals surface area contributed by atoms with Gasteiger partial charge < -0.3 is 118 Å². The van der Waals surface area contributed by atoms with Crippen LogP contribution < -0.4 is 0 Å². The molecule has 10 fully saturated rings. The standard InChI is InChI=1S/C13H24O3.C12H22O3.C11H20O3.C10H18O4.C10H18O3.C9H16O4.C9H16O3.C8H14O4.C7H12O4.C6H10O4/c1-3-5-6-7-8-9-13(14)15-10-12-11(4-2)16-12;1-3-5-6-7-8-12(13)14-9-11-10(4-2)15-11;1-3-5-6-7-11(12)13-8-10-9(4-2)14-10;1-12-6-4-2-3-5-10(11)14-8-9-7-13-9;1-3-5-6-10(11)12-7-9-8(4-2)13-9;1-11-5-3-2-4-9(10)13-7-8-6-12-8;1-3-5-9(10)11-6-8-7(4-2)12-8;1-10-4-2-3-8(9)12-6-7-5-11-7;1-9-3-2-7(8)11-5-6-4-10-6;1-8-4-6(7)10-3-5-2-9-5/h11-12H,3-10H2,1-2H3;10-11H,3-9H2,1-2H3;9-10H,3-8H2,1-2H3;9H,2-8H2,1H3;8-9H,3-7H2,1-2H3;8H,2-7H2,1H3;7-8H,3-6H2,1-2H3;7H,2-6H2,1H3;6H,2-5H2,1H3;5H,2-4H2,1H3. The van der Waals surface area contributed by atoms with Crippen LogP contribution in [0.3, 0.4) is 0 Å². The Morgan fingerprint density at radius 3 is 0.669 bits per heavy atom. The molecule has 0 radical (unpaired) electrons. The Morgan fingerprint density at radius 1 is 0.200 bits per heavy atom. The fraction of sp³-hybridized carbons (Fsp3) is 0.895. The Balaban J connectivity index is 0.000000724. The van der Waals surface area contributed by atoms with Crippen molar-refractivity contribution >= 4 is 59.7 Å². The fourth-order valence-electron chi connectivity index (χ4n) is 11.2. The summed E-state index contributed by atoms with van der Waals surface area (Å²) in [6.07, 6.45) is 34.6. The van der Waals surface area contributed by atoms with E-state index in [1.165, 1.54) is 39.2 Å². The first kappa shape index (κ1) is 122. The van der Waals surface area contributed by atoms with Gasteiger partial charge in [-0.2, -0.15) is 0 Å². The SMILES string of the molecule is CCCC(=O)OCC1OC1CC.CCCCC(=O)OCC1OC1CC.CCCCCC(=O)OCC1OC1CC.CCCCCCC(=O)OCC1OC1CC.CCCCCCCC(=O)OCC1OC1CC.COCC(=O)OCC1CO1.COCCC(=O)OCC1CO1.COCCCC(=O)OCC1CO1.COCCCCC(=O)OCC1CO1.COCCCCCC(=O)OCC1CO1. The molecule has 10 aliphatic rings. The van der Waals surface area contributed by atoms with Crippen LogP contribution >= 0.6 is 0 Å². The van der Waals surface area contributed by atoms with Crippen LogP contribution in [0, 0.1) is 0 Å². The minimum Gasteiger partial charge on any atom is -0.463 e. The Bertz CT molecular complexity index is 2830. The lowest BCUT2D eigenvalue weighted by Gasteiger charge is -2.02. The van der Waals surface area contributed by atoms with Crippen LogP contribution in [0.5, 0.6) is 0 Å². The third kappa shape index (κ3) is 80.5. The van der Waals surface area contributed by atoms with Gasteiger partial charge >= 0.3 is 59.7 Å². The summed E-state index contributed by atoms with van der Waals surface area (Å²) < 4.78 is 124. The minimum absolute atomic E-state index is 0.0206. The maximum Gasteiger partial charge on any atom is 0.332 e. The summed E-state index contributed by atoms with van der Waals surface area (Å²) in [6, 6.07) is 0. The number of epoxide rings is 10. The van der Waals surface area contributed by atoms with Gasteiger partial charge in [0.05, 0.1) is 76.6 Å². The molecule has 0 aromatic heterocycles. The lowest BCUT2D eigenvalue weighted by molar-refractivity contribution is -0.148. The number of carbonyl (C=O) groups excluding carboxylic acids is 10. The van der Waals surface area contributed by atoms with Crippen molar-refractivity contribution in [2.45, 2.75) is 386 Å². The van der Waals surface area contributed by atoms with Crippen LogP contribution in [0.25, 0.3) is 0 Å². The number of unbranched alkanes of at least 4 members (excludes halogenated alkanes) is 13. The molecule has 35 heteroatoms. The van der Waals surface area contributed by atoms with Gasteiger partial charge in [0.1, 0.15) is 134 Å². The predicted octanol–water partition coefficient (Wildman–Crippen LogP) is 13.2. The molecular formula is C95H170O35. The number of esters is 10. The number of hydrogen-bond acceptors (Lipinski definition) is 35. The molecule has 0 bridgehead atoms. The van der Waals surface area contributed by atoms with Crippen LogP contribution in [0.2, 0.25) is 0 Å². The lowest BCUT2D eigenvalue weighted by atomic mass is 10.1. The monoisotopic (exact) mass is 1870 g/mol. The van der Waals surface area contributed by atoms with E-state index in [9.17, 15) is 47.9 Å². The maximum atomic E-state index is 11.3. The van der Waals surface area contributed by atoms with E-state index in [1.807, 2.05) is 6.92 Å². The second kappa shape index (κ2) is 82.6. The molecule has 0 aromatic rings. The fourth-order valence-corrected chi connectivity index (χ4v) is 11.2. The Labute approximate surface area is 775 Å². The van der Waals surface area contributed by atoms with Crippen molar-refractivity contribution in [3.8, 4) is 0 Å². The molecule has 0 aromatic carbocycles. The van der Waals surface area contributed by atoms with Crippen molar-refractivity contribution in [2.24, 2.45) is 0 Å². The highest BCUT2D eigenvalue weighted by Gasteiger charge is 2.41.